The quantitative estimate of drug-likeness (QED) is 0.827. The Kier molecular flexibility index (Phi) is 5.75. The third-order valence-electron chi connectivity index (χ3n) is 3.06. The first-order chi connectivity index (χ1) is 10.2. The fourth-order valence-corrected chi connectivity index (χ4v) is 2.77. The van der Waals surface area contributed by atoms with E-state index in [9.17, 15) is 4.79 Å². The van der Waals surface area contributed by atoms with Gasteiger partial charge in [0.05, 0.1) is 18.0 Å². The summed E-state index contributed by atoms with van der Waals surface area (Å²) in [6.07, 6.45) is 3.35. The van der Waals surface area contributed by atoms with Gasteiger partial charge in [-0.2, -0.15) is 0 Å². The van der Waals surface area contributed by atoms with Crippen LogP contribution >= 0.6 is 11.3 Å². The Morgan fingerprint density at radius 3 is 2.62 bits per heavy atom. The summed E-state index contributed by atoms with van der Waals surface area (Å²) in [6.45, 7) is 5.50. The summed E-state index contributed by atoms with van der Waals surface area (Å²) in [5.74, 6) is 0.0648. The molecule has 2 aromatic rings. The van der Waals surface area contributed by atoms with Crippen molar-refractivity contribution in [2.45, 2.75) is 33.2 Å². The van der Waals surface area contributed by atoms with Crippen molar-refractivity contribution in [3.63, 3.8) is 0 Å². The third kappa shape index (κ3) is 4.86. The number of hydrogen-bond acceptors (Lipinski definition) is 4. The predicted octanol–water partition coefficient (Wildman–Crippen LogP) is 3.00. The van der Waals surface area contributed by atoms with Gasteiger partial charge in [-0.15, -0.1) is 11.3 Å². The predicted molar refractivity (Wildman–Crippen MR) is 87.6 cm³/mol. The van der Waals surface area contributed by atoms with E-state index in [-0.39, 0.29) is 5.91 Å². The van der Waals surface area contributed by atoms with Gasteiger partial charge in [0.25, 0.3) is 0 Å². The fraction of sp³-hybridized carbons (Fsp3) is 0.375. The first kappa shape index (κ1) is 15.5. The summed E-state index contributed by atoms with van der Waals surface area (Å²) in [6, 6.07) is 8.00. The van der Waals surface area contributed by atoms with Crippen molar-refractivity contribution >= 4 is 22.9 Å². The number of aryl methyl sites for hydroxylation is 1. The summed E-state index contributed by atoms with van der Waals surface area (Å²) in [7, 11) is 0. The second-order valence-corrected chi connectivity index (χ2v) is 5.95. The van der Waals surface area contributed by atoms with E-state index in [0.717, 1.165) is 24.2 Å². The van der Waals surface area contributed by atoms with E-state index in [1.54, 1.807) is 11.3 Å². The maximum atomic E-state index is 11.5. The van der Waals surface area contributed by atoms with Gasteiger partial charge < -0.3 is 10.6 Å². The second kappa shape index (κ2) is 7.78. The minimum absolute atomic E-state index is 0.0648. The van der Waals surface area contributed by atoms with Gasteiger partial charge in [0, 0.05) is 23.3 Å². The van der Waals surface area contributed by atoms with Gasteiger partial charge in [0.2, 0.25) is 5.91 Å². The van der Waals surface area contributed by atoms with Gasteiger partial charge >= 0.3 is 0 Å². The Morgan fingerprint density at radius 2 is 2.00 bits per heavy atom. The highest BCUT2D eigenvalue weighted by Crippen LogP contribution is 2.16. The summed E-state index contributed by atoms with van der Waals surface area (Å²) < 4.78 is 0. The molecule has 1 aromatic heterocycles. The molecular weight excluding hydrogens is 282 g/mol. The zero-order chi connectivity index (χ0) is 15.1. The van der Waals surface area contributed by atoms with Gasteiger partial charge in [0.15, 0.2) is 0 Å². The van der Waals surface area contributed by atoms with Crippen LogP contribution in [-0.2, 0) is 24.2 Å². The van der Waals surface area contributed by atoms with Crippen molar-refractivity contribution in [3.8, 4) is 0 Å². The van der Waals surface area contributed by atoms with Gasteiger partial charge in [-0.1, -0.05) is 19.1 Å². The minimum Gasteiger partial charge on any atom is -0.380 e. The van der Waals surface area contributed by atoms with Crippen LogP contribution in [0.15, 0.2) is 30.5 Å². The first-order valence-corrected chi connectivity index (χ1v) is 8.06. The molecule has 0 saturated heterocycles. The van der Waals surface area contributed by atoms with E-state index in [1.165, 1.54) is 9.88 Å². The zero-order valence-corrected chi connectivity index (χ0v) is 13.3. The highest BCUT2D eigenvalue weighted by molar-refractivity contribution is 7.11. The van der Waals surface area contributed by atoms with E-state index in [2.05, 4.69) is 22.5 Å². The number of benzene rings is 1. The number of nitrogens with zero attached hydrogens (tertiary/aromatic N) is 1. The van der Waals surface area contributed by atoms with Crippen LogP contribution in [0.2, 0.25) is 0 Å². The number of thiazole rings is 1. The number of likely N-dealkylation sites (N-methyl/N-ethyl adjacent to an activating group) is 1. The molecule has 0 unspecified atom stereocenters. The normalized spacial score (nSPS) is 10.4. The van der Waals surface area contributed by atoms with Crippen molar-refractivity contribution in [1.29, 1.82) is 0 Å². The maximum Gasteiger partial charge on any atom is 0.224 e. The number of carbonyl (C=O) groups is 1. The van der Waals surface area contributed by atoms with Crippen LogP contribution in [0.25, 0.3) is 0 Å². The SMILES string of the molecule is CCNC(=O)Cc1ccc(NCc2cnc(CC)s2)cc1. The molecule has 1 amide bonds. The molecular formula is C16H21N3OS. The van der Waals surface area contributed by atoms with Crippen molar-refractivity contribution < 1.29 is 4.79 Å². The number of nitrogens with one attached hydrogen (secondary N) is 2. The van der Waals surface area contributed by atoms with Crippen LogP contribution in [0.4, 0.5) is 5.69 Å². The molecule has 0 aliphatic carbocycles. The molecule has 4 nitrogen and oxygen atoms in total. The maximum absolute atomic E-state index is 11.5. The van der Waals surface area contributed by atoms with Gasteiger partial charge in [-0.3, -0.25) is 4.79 Å². The Morgan fingerprint density at radius 1 is 1.24 bits per heavy atom. The number of rotatable bonds is 7. The molecule has 0 saturated carbocycles. The number of hydrogen-bond donors (Lipinski definition) is 2. The lowest BCUT2D eigenvalue weighted by Crippen LogP contribution is -2.24. The van der Waals surface area contributed by atoms with Crippen molar-refractivity contribution in [2.24, 2.45) is 0 Å². The van der Waals surface area contributed by atoms with Crippen LogP contribution < -0.4 is 10.6 Å². The Hall–Kier alpha value is -1.88. The molecule has 112 valence electrons. The topological polar surface area (TPSA) is 54.0 Å². The second-order valence-electron chi connectivity index (χ2n) is 4.75. The Balaban J connectivity index is 1.85. The van der Waals surface area contributed by atoms with E-state index in [0.29, 0.717) is 13.0 Å². The van der Waals surface area contributed by atoms with Crippen molar-refractivity contribution in [3.05, 3.63) is 45.9 Å². The molecule has 1 aromatic carbocycles. The molecule has 0 radical (unpaired) electrons. The Labute approximate surface area is 129 Å². The largest absolute Gasteiger partial charge is 0.380 e. The number of anilines is 1. The monoisotopic (exact) mass is 303 g/mol. The van der Waals surface area contributed by atoms with Crippen LogP contribution in [0.1, 0.15) is 29.3 Å². The highest BCUT2D eigenvalue weighted by atomic mass is 32.1. The first-order valence-electron chi connectivity index (χ1n) is 7.24. The lowest BCUT2D eigenvalue weighted by Gasteiger charge is -2.06. The molecule has 0 fully saturated rings. The average molecular weight is 303 g/mol. The van der Waals surface area contributed by atoms with Gasteiger partial charge in [-0.05, 0) is 31.0 Å². The van der Waals surface area contributed by atoms with Gasteiger partial charge in [-0.25, -0.2) is 4.98 Å². The highest BCUT2D eigenvalue weighted by Gasteiger charge is 2.03. The number of aromatic nitrogens is 1. The van der Waals surface area contributed by atoms with Crippen LogP contribution in [0, 0.1) is 0 Å². The molecule has 0 aliphatic rings. The third-order valence-corrected chi connectivity index (χ3v) is 4.20. The molecule has 2 rings (SSSR count). The smallest absolute Gasteiger partial charge is 0.224 e. The molecule has 1 heterocycles. The standard InChI is InChI=1S/C16H21N3OS/c1-3-16-19-11-14(21-16)10-18-13-7-5-12(6-8-13)9-15(20)17-4-2/h5-8,11,18H,3-4,9-10H2,1-2H3,(H,17,20). The molecule has 0 atom stereocenters. The van der Waals surface area contributed by atoms with Crippen LogP contribution in [-0.4, -0.2) is 17.4 Å². The molecule has 0 aliphatic heterocycles. The molecule has 21 heavy (non-hydrogen) atoms. The lowest BCUT2D eigenvalue weighted by molar-refractivity contribution is -0.120. The van der Waals surface area contributed by atoms with Crippen LogP contribution in [0.5, 0.6) is 0 Å². The summed E-state index contributed by atoms with van der Waals surface area (Å²) >= 11 is 1.74. The summed E-state index contributed by atoms with van der Waals surface area (Å²) in [5.41, 5.74) is 2.08. The molecule has 0 spiro atoms. The van der Waals surface area contributed by atoms with E-state index in [1.807, 2.05) is 37.4 Å². The zero-order valence-electron chi connectivity index (χ0n) is 12.5. The number of amides is 1. The molecule has 0 bridgehead atoms. The average Bonchev–Trinajstić information content (AvgIpc) is 2.95. The van der Waals surface area contributed by atoms with E-state index < -0.39 is 0 Å². The van der Waals surface area contributed by atoms with Crippen molar-refractivity contribution in [2.75, 3.05) is 11.9 Å². The molecule has 2 N–H and O–H groups in total. The molecule has 5 heteroatoms. The van der Waals surface area contributed by atoms with Gasteiger partial charge in [0.1, 0.15) is 0 Å². The lowest BCUT2D eigenvalue weighted by atomic mass is 10.1. The Bertz CT molecular complexity index is 577. The van der Waals surface area contributed by atoms with Crippen molar-refractivity contribution in [1.82, 2.24) is 10.3 Å². The van der Waals surface area contributed by atoms with E-state index in [4.69, 9.17) is 0 Å². The summed E-state index contributed by atoms with van der Waals surface area (Å²) in [5, 5.41) is 7.35. The summed E-state index contributed by atoms with van der Waals surface area (Å²) in [4.78, 5) is 17.1. The fourth-order valence-electron chi connectivity index (χ4n) is 1.97. The van der Waals surface area contributed by atoms with Crippen LogP contribution in [0.3, 0.4) is 0 Å². The minimum atomic E-state index is 0.0648. The number of carbonyl (C=O) groups excluding carboxylic acids is 1. The van der Waals surface area contributed by atoms with E-state index >= 15 is 0 Å².